The van der Waals surface area contributed by atoms with E-state index in [1.54, 1.807) is 4.90 Å². The summed E-state index contributed by atoms with van der Waals surface area (Å²) < 4.78 is 20.3. The van der Waals surface area contributed by atoms with Crippen molar-refractivity contribution in [1.82, 2.24) is 0 Å². The molecule has 0 bridgehead atoms. The van der Waals surface area contributed by atoms with Gasteiger partial charge in [0.2, 0.25) is 0 Å². The number of halogens is 1. The monoisotopic (exact) mass is 402 g/mol. The van der Waals surface area contributed by atoms with E-state index in [0.717, 1.165) is 17.7 Å². The normalized spacial score (nSPS) is 19.8. The second-order valence-electron chi connectivity index (χ2n) is 8.71. The highest BCUT2D eigenvalue weighted by atomic mass is 28.3. The van der Waals surface area contributed by atoms with Crippen molar-refractivity contribution >= 4 is 37.2 Å². The lowest BCUT2D eigenvalue weighted by atomic mass is 9.93. The number of amides is 3. The summed E-state index contributed by atoms with van der Waals surface area (Å²) in [4.78, 5) is 40.6. The molecule has 1 aromatic rings. The number of nitrogens with zero attached hydrogens (tertiary/aromatic N) is 2. The van der Waals surface area contributed by atoms with E-state index in [1.807, 2.05) is 0 Å². The Bertz CT molecular complexity index is 907. The molecule has 0 saturated heterocycles. The van der Waals surface area contributed by atoms with Crippen LogP contribution in [-0.4, -0.2) is 38.6 Å². The van der Waals surface area contributed by atoms with E-state index in [9.17, 15) is 18.8 Å². The fraction of sp³-hybridized carbons (Fsp3) is 0.450. The van der Waals surface area contributed by atoms with Gasteiger partial charge in [-0.25, -0.2) is 9.29 Å². The summed E-state index contributed by atoms with van der Waals surface area (Å²) in [6, 6.07) is 2.59. The van der Waals surface area contributed by atoms with Gasteiger partial charge in [-0.05, 0) is 31.7 Å². The molecule has 3 amide bonds. The first-order chi connectivity index (χ1) is 13.2. The molecular formula is C20H23FN2O4Si. The molecule has 0 radical (unpaired) electrons. The first kappa shape index (κ1) is 18.9. The van der Waals surface area contributed by atoms with Crippen LogP contribution >= 0.6 is 0 Å². The molecule has 2 aliphatic heterocycles. The van der Waals surface area contributed by atoms with Gasteiger partial charge in [-0.2, -0.15) is 0 Å². The number of carbonyl (C=O) groups is 3. The number of hydrogen-bond donors (Lipinski definition) is 0. The van der Waals surface area contributed by atoms with Crippen LogP contribution in [0.4, 0.5) is 15.8 Å². The topological polar surface area (TPSA) is 66.9 Å². The summed E-state index contributed by atoms with van der Waals surface area (Å²) in [5, 5.41) is 0. The molecule has 4 rings (SSSR count). The maximum Gasteiger partial charge on any atom is 0.264 e. The average molecular weight is 402 g/mol. The van der Waals surface area contributed by atoms with E-state index in [2.05, 4.69) is 19.6 Å². The van der Waals surface area contributed by atoms with E-state index < -0.39 is 25.7 Å². The lowest BCUT2D eigenvalue weighted by Gasteiger charge is -2.34. The number of rotatable bonds is 3. The summed E-state index contributed by atoms with van der Waals surface area (Å²) in [7, 11) is -1.67. The van der Waals surface area contributed by atoms with Crippen molar-refractivity contribution < 1.29 is 23.5 Å². The molecule has 0 aromatic heterocycles. The average Bonchev–Trinajstić information content (AvgIpc) is 2.88. The zero-order valence-corrected chi connectivity index (χ0v) is 17.3. The Kier molecular flexibility index (Phi) is 4.41. The minimum Gasteiger partial charge on any atom is -0.481 e. The van der Waals surface area contributed by atoms with Crippen LogP contribution in [0.5, 0.6) is 5.75 Å². The quantitative estimate of drug-likeness (QED) is 0.575. The van der Waals surface area contributed by atoms with Gasteiger partial charge in [0, 0.05) is 23.4 Å². The number of carbonyl (C=O) groups excluding carboxylic acids is 3. The lowest BCUT2D eigenvalue weighted by Crippen LogP contribution is -2.47. The molecule has 1 aliphatic carbocycles. The zero-order valence-electron chi connectivity index (χ0n) is 16.3. The molecule has 0 unspecified atom stereocenters. The summed E-state index contributed by atoms with van der Waals surface area (Å²) in [5.41, 5.74) is 1.31. The van der Waals surface area contributed by atoms with Crippen LogP contribution in [0.3, 0.4) is 0 Å². The lowest BCUT2D eigenvalue weighted by molar-refractivity contribution is -0.121. The standard InChI is InChI=1S/C20H23FN2O4Si/c1-28(2,3)11-22-16-9-15(14(21)8-17(16)27-10-18(22)24)23-19(25)12-6-4-5-7-13(12)20(23)26/h8-9H,4-7,10-11H2,1-3H3. The van der Waals surface area contributed by atoms with Crippen LogP contribution < -0.4 is 14.5 Å². The van der Waals surface area contributed by atoms with Crippen LogP contribution in [-0.2, 0) is 14.4 Å². The SMILES string of the molecule is C[Si](C)(C)CN1C(=O)COc2cc(F)c(N3C(=O)C4=C(CCCC4)C3=O)cc21. The third-order valence-corrected chi connectivity index (χ3v) is 6.50. The van der Waals surface area contributed by atoms with Crippen molar-refractivity contribution in [3.8, 4) is 5.75 Å². The second-order valence-corrected chi connectivity index (χ2v) is 14.1. The molecule has 0 atom stereocenters. The Labute approximate surface area is 163 Å². The van der Waals surface area contributed by atoms with Crippen molar-refractivity contribution in [3.05, 3.63) is 29.1 Å². The van der Waals surface area contributed by atoms with Gasteiger partial charge in [0.15, 0.2) is 12.4 Å². The van der Waals surface area contributed by atoms with Gasteiger partial charge < -0.3 is 9.64 Å². The number of hydrogen-bond acceptors (Lipinski definition) is 4. The number of imide groups is 1. The van der Waals surface area contributed by atoms with Gasteiger partial charge >= 0.3 is 0 Å². The van der Waals surface area contributed by atoms with Crippen LogP contribution in [0.25, 0.3) is 0 Å². The van der Waals surface area contributed by atoms with E-state index in [4.69, 9.17) is 4.74 Å². The molecule has 0 N–H and O–H groups in total. The molecule has 8 heteroatoms. The van der Waals surface area contributed by atoms with E-state index >= 15 is 0 Å². The molecule has 0 spiro atoms. The highest BCUT2D eigenvalue weighted by Gasteiger charge is 2.42. The van der Waals surface area contributed by atoms with Gasteiger partial charge in [0.05, 0.1) is 19.4 Å². The molecule has 3 aliphatic rings. The number of ether oxygens (including phenoxy) is 1. The first-order valence-electron chi connectivity index (χ1n) is 9.55. The Morgan fingerprint density at radius 1 is 1.00 bits per heavy atom. The van der Waals surface area contributed by atoms with Crippen molar-refractivity contribution in [2.75, 3.05) is 22.6 Å². The van der Waals surface area contributed by atoms with Crippen molar-refractivity contribution in [1.29, 1.82) is 0 Å². The van der Waals surface area contributed by atoms with Crippen LogP contribution in [0.2, 0.25) is 19.6 Å². The smallest absolute Gasteiger partial charge is 0.264 e. The highest BCUT2D eigenvalue weighted by Crippen LogP contribution is 2.42. The van der Waals surface area contributed by atoms with Gasteiger partial charge in [-0.1, -0.05) is 19.6 Å². The van der Waals surface area contributed by atoms with Crippen molar-refractivity contribution in [2.45, 2.75) is 45.3 Å². The Morgan fingerprint density at radius 3 is 2.18 bits per heavy atom. The molecule has 0 fully saturated rings. The molecule has 28 heavy (non-hydrogen) atoms. The fourth-order valence-corrected chi connectivity index (χ4v) is 5.28. The first-order valence-corrected chi connectivity index (χ1v) is 13.3. The minimum atomic E-state index is -1.67. The second kappa shape index (κ2) is 6.54. The maximum atomic E-state index is 14.9. The van der Waals surface area contributed by atoms with Gasteiger partial charge in [-0.3, -0.25) is 14.4 Å². The predicted molar refractivity (Wildman–Crippen MR) is 106 cm³/mol. The van der Waals surface area contributed by atoms with Crippen LogP contribution in [0.1, 0.15) is 25.7 Å². The molecule has 6 nitrogen and oxygen atoms in total. The van der Waals surface area contributed by atoms with E-state index in [1.165, 1.54) is 12.1 Å². The Hall–Kier alpha value is -2.48. The number of anilines is 2. The molecule has 1 aromatic carbocycles. The summed E-state index contributed by atoms with van der Waals surface area (Å²) in [6.07, 6.45) is 3.35. The van der Waals surface area contributed by atoms with Crippen molar-refractivity contribution in [3.63, 3.8) is 0 Å². The third-order valence-electron chi connectivity index (χ3n) is 5.24. The fourth-order valence-electron chi connectivity index (χ4n) is 3.99. The van der Waals surface area contributed by atoms with Crippen LogP contribution in [0, 0.1) is 5.82 Å². The zero-order chi connectivity index (χ0) is 20.2. The molecule has 148 valence electrons. The van der Waals surface area contributed by atoms with E-state index in [0.29, 0.717) is 35.8 Å². The van der Waals surface area contributed by atoms with Gasteiger partial charge in [0.25, 0.3) is 17.7 Å². The van der Waals surface area contributed by atoms with Crippen LogP contribution in [0.15, 0.2) is 23.3 Å². The number of benzene rings is 1. The molecule has 2 heterocycles. The van der Waals surface area contributed by atoms with E-state index in [-0.39, 0.29) is 24.0 Å². The number of fused-ring (bicyclic) bond motifs is 1. The Morgan fingerprint density at radius 2 is 1.61 bits per heavy atom. The largest absolute Gasteiger partial charge is 0.481 e. The van der Waals surface area contributed by atoms with Crippen molar-refractivity contribution in [2.24, 2.45) is 0 Å². The predicted octanol–water partition coefficient (Wildman–Crippen LogP) is 3.17. The van der Waals surface area contributed by atoms with Gasteiger partial charge in [-0.15, -0.1) is 0 Å². The maximum absolute atomic E-state index is 14.9. The summed E-state index contributed by atoms with van der Waals surface area (Å²) in [6.45, 7) is 6.25. The minimum absolute atomic E-state index is 0.109. The van der Waals surface area contributed by atoms with Gasteiger partial charge in [0.1, 0.15) is 5.75 Å². The summed E-state index contributed by atoms with van der Waals surface area (Å²) in [5.74, 6) is -1.54. The Balaban J connectivity index is 1.77. The molecule has 0 saturated carbocycles. The molecular weight excluding hydrogens is 379 g/mol. The summed E-state index contributed by atoms with van der Waals surface area (Å²) >= 11 is 0. The third kappa shape index (κ3) is 3.05. The highest BCUT2D eigenvalue weighted by molar-refractivity contribution is 6.77.